The zero-order valence-corrected chi connectivity index (χ0v) is 13.0. The van der Waals surface area contributed by atoms with E-state index in [1.165, 1.54) is 12.8 Å². The van der Waals surface area contributed by atoms with Gasteiger partial charge in [-0.1, -0.05) is 13.8 Å². The number of likely N-dealkylation sites (tertiary alicyclic amines) is 2. The molecule has 2 aliphatic rings. The summed E-state index contributed by atoms with van der Waals surface area (Å²) in [4.78, 5) is 27.7. The predicted molar refractivity (Wildman–Crippen MR) is 80.2 cm³/mol. The predicted octanol–water partition coefficient (Wildman–Crippen LogP) is 1.37. The van der Waals surface area contributed by atoms with Crippen LogP contribution in [0, 0.1) is 5.92 Å². The topological polar surface area (TPSA) is 72.9 Å². The van der Waals surface area contributed by atoms with Crippen LogP contribution in [0.1, 0.15) is 39.5 Å². The summed E-state index contributed by atoms with van der Waals surface area (Å²) in [6, 6.07) is -0.570. The third-order valence-electron chi connectivity index (χ3n) is 4.41. The van der Waals surface area contributed by atoms with E-state index in [1.54, 1.807) is 4.90 Å². The fraction of sp³-hybridized carbons (Fsp3) is 0.867. The molecule has 2 rings (SSSR count). The molecule has 6 heteroatoms. The van der Waals surface area contributed by atoms with E-state index >= 15 is 0 Å². The summed E-state index contributed by atoms with van der Waals surface area (Å²) < 4.78 is 0. The van der Waals surface area contributed by atoms with Crippen LogP contribution in [0.4, 0.5) is 4.79 Å². The Balaban J connectivity index is 1.84. The second-order valence-electron chi connectivity index (χ2n) is 6.60. The van der Waals surface area contributed by atoms with Crippen molar-refractivity contribution in [1.82, 2.24) is 15.1 Å². The van der Waals surface area contributed by atoms with Gasteiger partial charge in [0.2, 0.25) is 0 Å². The first-order valence-electron chi connectivity index (χ1n) is 7.99. The highest BCUT2D eigenvalue weighted by atomic mass is 16.4. The van der Waals surface area contributed by atoms with Gasteiger partial charge in [-0.2, -0.15) is 0 Å². The number of rotatable bonds is 5. The number of urea groups is 1. The van der Waals surface area contributed by atoms with Crippen molar-refractivity contribution in [3.8, 4) is 0 Å². The number of carbonyl (C=O) groups excluding carboxylic acids is 1. The molecule has 1 unspecified atom stereocenters. The zero-order valence-electron chi connectivity index (χ0n) is 13.0. The molecule has 0 aromatic heterocycles. The first kappa shape index (κ1) is 16.1. The Hall–Kier alpha value is -1.30. The van der Waals surface area contributed by atoms with Crippen molar-refractivity contribution in [2.75, 3.05) is 26.2 Å². The lowest BCUT2D eigenvalue weighted by Gasteiger charge is -2.25. The van der Waals surface area contributed by atoms with Gasteiger partial charge in [-0.25, -0.2) is 9.59 Å². The molecular formula is C15H27N3O3. The Labute approximate surface area is 126 Å². The third kappa shape index (κ3) is 4.33. The number of amides is 2. The van der Waals surface area contributed by atoms with Gasteiger partial charge in [0.1, 0.15) is 6.04 Å². The van der Waals surface area contributed by atoms with Crippen molar-refractivity contribution in [3.63, 3.8) is 0 Å². The highest BCUT2D eigenvalue weighted by molar-refractivity contribution is 5.82. The third-order valence-corrected chi connectivity index (χ3v) is 4.41. The van der Waals surface area contributed by atoms with Crippen molar-refractivity contribution in [2.45, 2.75) is 51.6 Å². The molecule has 120 valence electrons. The molecule has 2 aliphatic heterocycles. The van der Waals surface area contributed by atoms with E-state index in [-0.39, 0.29) is 11.9 Å². The van der Waals surface area contributed by atoms with Gasteiger partial charge in [-0.05, 0) is 44.7 Å². The maximum atomic E-state index is 12.2. The van der Waals surface area contributed by atoms with E-state index in [0.717, 1.165) is 32.6 Å². The molecule has 0 spiro atoms. The lowest BCUT2D eigenvalue weighted by molar-refractivity contribution is -0.139. The summed E-state index contributed by atoms with van der Waals surface area (Å²) in [7, 11) is 0. The van der Waals surface area contributed by atoms with Crippen LogP contribution in [0.5, 0.6) is 0 Å². The smallest absolute Gasteiger partial charge is 0.326 e. The minimum atomic E-state index is -0.952. The SMILES string of the molecule is CC(C)C[C@@H](NC(=O)N1CCC(N2CCCC2)C1)C(=O)O. The average Bonchev–Trinajstić information content (AvgIpc) is 3.08. The lowest BCUT2D eigenvalue weighted by Crippen LogP contribution is -2.48. The number of carboxylic acids is 1. The molecule has 2 fully saturated rings. The molecule has 2 atom stereocenters. The fourth-order valence-corrected chi connectivity index (χ4v) is 3.26. The van der Waals surface area contributed by atoms with Gasteiger partial charge in [0, 0.05) is 19.1 Å². The Bertz CT molecular complexity index is 380. The highest BCUT2D eigenvalue weighted by Crippen LogP contribution is 2.20. The molecule has 6 nitrogen and oxygen atoms in total. The number of carboxylic acid groups (broad SMARTS) is 1. The van der Waals surface area contributed by atoms with Crippen molar-refractivity contribution >= 4 is 12.0 Å². The van der Waals surface area contributed by atoms with Crippen molar-refractivity contribution in [1.29, 1.82) is 0 Å². The van der Waals surface area contributed by atoms with E-state index < -0.39 is 12.0 Å². The van der Waals surface area contributed by atoms with Crippen molar-refractivity contribution in [3.05, 3.63) is 0 Å². The number of nitrogens with zero attached hydrogens (tertiary/aromatic N) is 2. The summed E-state index contributed by atoms with van der Waals surface area (Å²) in [5, 5.41) is 11.9. The van der Waals surface area contributed by atoms with E-state index in [2.05, 4.69) is 10.2 Å². The normalized spacial score (nSPS) is 24.5. The monoisotopic (exact) mass is 297 g/mol. The van der Waals surface area contributed by atoms with Gasteiger partial charge in [0.25, 0.3) is 0 Å². The van der Waals surface area contributed by atoms with Crippen molar-refractivity contribution in [2.24, 2.45) is 5.92 Å². The summed E-state index contributed by atoms with van der Waals surface area (Å²) in [5.41, 5.74) is 0. The molecule has 0 aromatic carbocycles. The van der Waals surface area contributed by atoms with Gasteiger partial charge < -0.3 is 15.3 Å². The van der Waals surface area contributed by atoms with Gasteiger partial charge in [0.05, 0.1) is 0 Å². The highest BCUT2D eigenvalue weighted by Gasteiger charge is 2.33. The van der Waals surface area contributed by atoms with Gasteiger partial charge in [-0.15, -0.1) is 0 Å². The minimum Gasteiger partial charge on any atom is -0.480 e. The van der Waals surface area contributed by atoms with E-state index in [1.807, 2.05) is 13.8 Å². The zero-order chi connectivity index (χ0) is 15.4. The van der Waals surface area contributed by atoms with Crippen LogP contribution in [0.15, 0.2) is 0 Å². The first-order chi connectivity index (χ1) is 9.97. The second kappa shape index (κ2) is 7.11. The molecule has 0 radical (unpaired) electrons. The molecule has 0 bridgehead atoms. The van der Waals surface area contributed by atoms with Crippen LogP contribution < -0.4 is 5.32 Å². The van der Waals surface area contributed by atoms with E-state index in [4.69, 9.17) is 0 Å². The van der Waals surface area contributed by atoms with Crippen LogP contribution >= 0.6 is 0 Å². The van der Waals surface area contributed by atoms with Crippen LogP contribution in [0.2, 0.25) is 0 Å². The van der Waals surface area contributed by atoms with Gasteiger partial charge >= 0.3 is 12.0 Å². The van der Waals surface area contributed by atoms with Gasteiger partial charge in [-0.3, -0.25) is 4.90 Å². The van der Waals surface area contributed by atoms with Crippen LogP contribution in [-0.2, 0) is 4.79 Å². The van der Waals surface area contributed by atoms with E-state index in [0.29, 0.717) is 12.5 Å². The standard InChI is InChI=1S/C15H27N3O3/c1-11(2)9-13(14(19)20)16-15(21)18-8-5-12(10-18)17-6-3-4-7-17/h11-13H,3-10H2,1-2H3,(H,16,21)(H,19,20)/t12?,13-/m1/s1. The molecule has 2 amide bonds. The number of carbonyl (C=O) groups is 2. The first-order valence-corrected chi connectivity index (χ1v) is 7.99. The molecule has 0 saturated carbocycles. The largest absolute Gasteiger partial charge is 0.480 e. The maximum Gasteiger partial charge on any atom is 0.326 e. The average molecular weight is 297 g/mol. The van der Waals surface area contributed by atoms with Crippen LogP contribution in [-0.4, -0.2) is 65.2 Å². The van der Waals surface area contributed by atoms with Crippen LogP contribution in [0.25, 0.3) is 0 Å². The Morgan fingerprint density at radius 2 is 1.90 bits per heavy atom. The number of aliphatic carboxylic acids is 1. The molecule has 2 N–H and O–H groups in total. The summed E-state index contributed by atoms with van der Waals surface area (Å²) in [6.07, 6.45) is 3.95. The lowest BCUT2D eigenvalue weighted by atomic mass is 10.0. The van der Waals surface area contributed by atoms with Crippen LogP contribution in [0.3, 0.4) is 0 Å². The van der Waals surface area contributed by atoms with E-state index in [9.17, 15) is 14.7 Å². The van der Waals surface area contributed by atoms with Gasteiger partial charge in [0.15, 0.2) is 0 Å². The van der Waals surface area contributed by atoms with Crippen molar-refractivity contribution < 1.29 is 14.7 Å². The molecule has 2 saturated heterocycles. The number of hydrogen-bond donors (Lipinski definition) is 2. The number of nitrogens with one attached hydrogen (secondary N) is 1. The molecule has 0 aromatic rings. The summed E-state index contributed by atoms with van der Waals surface area (Å²) in [6.45, 7) is 7.63. The minimum absolute atomic E-state index is 0.232. The Kier molecular flexibility index (Phi) is 5.45. The number of hydrogen-bond acceptors (Lipinski definition) is 3. The summed E-state index contributed by atoms with van der Waals surface area (Å²) >= 11 is 0. The Morgan fingerprint density at radius 1 is 1.24 bits per heavy atom. The molecule has 21 heavy (non-hydrogen) atoms. The fourth-order valence-electron chi connectivity index (χ4n) is 3.26. The molecular weight excluding hydrogens is 270 g/mol. The maximum absolute atomic E-state index is 12.2. The molecule has 0 aliphatic carbocycles. The summed E-state index contributed by atoms with van der Waals surface area (Å²) in [5.74, 6) is -0.713. The quantitative estimate of drug-likeness (QED) is 0.804. The Morgan fingerprint density at radius 3 is 2.48 bits per heavy atom. The molecule has 2 heterocycles. The second-order valence-corrected chi connectivity index (χ2v) is 6.60.